The maximum Gasteiger partial charge on any atom is 0.253 e. The first-order chi connectivity index (χ1) is 17.8. The van der Waals surface area contributed by atoms with Gasteiger partial charge in [0.15, 0.2) is 0 Å². The molecule has 2 aromatic heterocycles. The van der Waals surface area contributed by atoms with Crippen LogP contribution in [0.2, 0.25) is 0 Å². The van der Waals surface area contributed by atoms with Crippen LogP contribution in [0.1, 0.15) is 35.3 Å². The van der Waals surface area contributed by atoms with Crippen molar-refractivity contribution < 1.29 is 19.4 Å². The third kappa shape index (κ3) is 5.51. The Morgan fingerprint density at radius 1 is 1.16 bits per heavy atom. The summed E-state index contributed by atoms with van der Waals surface area (Å²) < 4.78 is 5.75. The quantitative estimate of drug-likeness (QED) is 0.505. The minimum atomic E-state index is -1.03. The number of benzene rings is 1. The summed E-state index contributed by atoms with van der Waals surface area (Å²) in [6.45, 7) is 5.04. The Bertz CT molecular complexity index is 1300. The summed E-state index contributed by atoms with van der Waals surface area (Å²) in [6, 6.07) is 12.8. The summed E-state index contributed by atoms with van der Waals surface area (Å²) >= 11 is 0. The smallest absolute Gasteiger partial charge is 0.253 e. The van der Waals surface area contributed by atoms with Crippen molar-refractivity contribution in [1.29, 1.82) is 0 Å². The number of amides is 2. The lowest BCUT2D eigenvalue weighted by atomic mass is 10.0. The van der Waals surface area contributed by atoms with Gasteiger partial charge in [0.05, 0.1) is 24.3 Å². The van der Waals surface area contributed by atoms with E-state index in [4.69, 9.17) is 4.74 Å². The van der Waals surface area contributed by atoms with Crippen LogP contribution in [0.4, 0.5) is 5.69 Å². The van der Waals surface area contributed by atoms with E-state index in [1.54, 1.807) is 42.4 Å². The number of likely N-dealkylation sites (tertiary alicyclic amines) is 1. The molecule has 9 nitrogen and oxygen atoms in total. The summed E-state index contributed by atoms with van der Waals surface area (Å²) in [5, 5.41) is 11.3. The van der Waals surface area contributed by atoms with E-state index in [0.29, 0.717) is 50.4 Å². The van der Waals surface area contributed by atoms with Crippen LogP contribution in [0.3, 0.4) is 0 Å². The van der Waals surface area contributed by atoms with E-state index in [-0.39, 0.29) is 18.4 Å². The van der Waals surface area contributed by atoms with E-state index in [2.05, 4.69) is 14.9 Å². The van der Waals surface area contributed by atoms with Crippen LogP contribution in [0.25, 0.3) is 11.0 Å². The van der Waals surface area contributed by atoms with Crippen LogP contribution in [0, 0.1) is 6.92 Å². The fraction of sp³-hybridized carbons (Fsp3) is 0.429. The molecular formula is C28H33N5O4. The highest BCUT2D eigenvalue weighted by atomic mass is 16.5. The Kier molecular flexibility index (Phi) is 6.97. The van der Waals surface area contributed by atoms with Crippen molar-refractivity contribution in [3.63, 3.8) is 0 Å². The van der Waals surface area contributed by atoms with Gasteiger partial charge in [0.1, 0.15) is 23.5 Å². The number of likely N-dealkylation sites (N-methyl/N-ethyl adjacent to an activating group) is 1. The summed E-state index contributed by atoms with van der Waals surface area (Å²) in [4.78, 5) is 39.4. The van der Waals surface area contributed by atoms with Crippen LogP contribution in [-0.2, 0) is 4.79 Å². The molecule has 5 rings (SSSR count). The summed E-state index contributed by atoms with van der Waals surface area (Å²) in [5.41, 5.74) is 3.01. The van der Waals surface area contributed by atoms with Gasteiger partial charge in [-0.25, -0.2) is 4.98 Å². The third-order valence-electron chi connectivity index (χ3n) is 7.16. The first-order valence-corrected chi connectivity index (χ1v) is 12.8. The number of nitrogens with zero attached hydrogens (tertiary/aromatic N) is 5. The van der Waals surface area contributed by atoms with E-state index in [9.17, 15) is 14.7 Å². The second-order valence-corrected chi connectivity index (χ2v) is 10.1. The zero-order valence-electron chi connectivity index (χ0n) is 21.4. The SMILES string of the molecule is Cc1ccc2nccc(N3CCC(O)(CN(C)C(=O)c4ccc(OCCN5CCCC5=O)cc4)C3)c2n1. The molecule has 194 valence electrons. The lowest BCUT2D eigenvalue weighted by Gasteiger charge is -2.29. The topological polar surface area (TPSA) is 99.1 Å². The molecule has 1 N–H and O–H groups in total. The van der Waals surface area contributed by atoms with Gasteiger partial charge >= 0.3 is 0 Å². The Balaban J connectivity index is 1.17. The Labute approximate surface area is 216 Å². The number of aryl methyl sites for hydroxylation is 1. The highest BCUT2D eigenvalue weighted by Gasteiger charge is 2.38. The van der Waals surface area contributed by atoms with Gasteiger partial charge in [-0.15, -0.1) is 0 Å². The molecule has 0 aliphatic carbocycles. The molecule has 0 spiro atoms. The van der Waals surface area contributed by atoms with Crippen molar-refractivity contribution in [2.45, 2.75) is 31.8 Å². The minimum absolute atomic E-state index is 0.159. The third-order valence-corrected chi connectivity index (χ3v) is 7.16. The molecular weight excluding hydrogens is 470 g/mol. The van der Waals surface area contributed by atoms with Crippen molar-refractivity contribution in [1.82, 2.24) is 19.8 Å². The summed E-state index contributed by atoms with van der Waals surface area (Å²) in [7, 11) is 1.72. The molecule has 0 saturated carbocycles. The van der Waals surface area contributed by atoms with E-state index >= 15 is 0 Å². The predicted octanol–water partition coefficient (Wildman–Crippen LogP) is 2.65. The van der Waals surface area contributed by atoms with Crippen LogP contribution in [-0.4, -0.2) is 88.7 Å². The fourth-order valence-corrected chi connectivity index (χ4v) is 5.20. The van der Waals surface area contributed by atoms with Gasteiger partial charge < -0.3 is 24.5 Å². The van der Waals surface area contributed by atoms with Gasteiger partial charge in [-0.1, -0.05) is 0 Å². The first kappa shape index (κ1) is 25.0. The number of aromatic nitrogens is 2. The van der Waals surface area contributed by atoms with Gasteiger partial charge in [0.2, 0.25) is 5.91 Å². The molecule has 1 unspecified atom stereocenters. The molecule has 2 fully saturated rings. The highest BCUT2D eigenvalue weighted by Crippen LogP contribution is 2.31. The van der Waals surface area contributed by atoms with Crippen molar-refractivity contribution in [2.75, 3.05) is 51.3 Å². The molecule has 2 aliphatic heterocycles. The zero-order chi connectivity index (χ0) is 26.0. The monoisotopic (exact) mass is 503 g/mol. The molecule has 2 saturated heterocycles. The summed E-state index contributed by atoms with van der Waals surface area (Å²) in [5.74, 6) is 0.678. The zero-order valence-corrected chi connectivity index (χ0v) is 21.4. The van der Waals surface area contributed by atoms with E-state index < -0.39 is 5.60 Å². The molecule has 1 atom stereocenters. The maximum atomic E-state index is 13.1. The van der Waals surface area contributed by atoms with Crippen molar-refractivity contribution >= 4 is 28.5 Å². The Morgan fingerprint density at radius 2 is 1.97 bits per heavy atom. The molecule has 2 amide bonds. The van der Waals surface area contributed by atoms with Crippen LogP contribution in [0.5, 0.6) is 5.75 Å². The lowest BCUT2D eigenvalue weighted by Crippen LogP contribution is -2.45. The van der Waals surface area contributed by atoms with Crippen LogP contribution < -0.4 is 9.64 Å². The van der Waals surface area contributed by atoms with Gasteiger partial charge in [0.25, 0.3) is 5.91 Å². The second-order valence-electron chi connectivity index (χ2n) is 10.1. The second kappa shape index (κ2) is 10.3. The Morgan fingerprint density at radius 3 is 2.73 bits per heavy atom. The number of anilines is 1. The van der Waals surface area contributed by atoms with Gasteiger partial charge in [0, 0.05) is 50.6 Å². The number of fused-ring (bicyclic) bond motifs is 1. The molecule has 0 bridgehead atoms. The number of hydrogen-bond acceptors (Lipinski definition) is 7. The molecule has 4 heterocycles. The number of β-amino-alcohol motifs (C(OH)–C–C–N with tert-alkyl or cyclic N) is 1. The molecule has 2 aliphatic rings. The molecule has 3 aromatic rings. The number of carbonyl (C=O) groups is 2. The average Bonchev–Trinajstić information content (AvgIpc) is 3.48. The molecule has 37 heavy (non-hydrogen) atoms. The van der Waals surface area contributed by atoms with E-state index in [1.165, 1.54) is 0 Å². The van der Waals surface area contributed by atoms with Crippen LogP contribution >= 0.6 is 0 Å². The van der Waals surface area contributed by atoms with E-state index in [1.807, 2.05) is 30.0 Å². The molecule has 9 heteroatoms. The van der Waals surface area contributed by atoms with E-state index in [0.717, 1.165) is 35.4 Å². The lowest BCUT2D eigenvalue weighted by molar-refractivity contribution is -0.128. The van der Waals surface area contributed by atoms with Gasteiger partial charge in [-0.2, -0.15) is 0 Å². The number of carbonyl (C=O) groups excluding carboxylic acids is 2. The number of aliphatic hydroxyl groups is 1. The minimum Gasteiger partial charge on any atom is -0.492 e. The number of ether oxygens (including phenoxy) is 1. The standard InChI is InChI=1S/C28H33N5O4/c1-20-5-10-23-26(30-20)24(11-13-29-23)33-15-12-28(36,19-33)18-31(2)27(35)21-6-8-22(9-7-21)37-17-16-32-14-3-4-25(32)34/h5-11,13,36H,3-4,12,14-19H2,1-2H3. The average molecular weight is 504 g/mol. The normalized spacial score (nSPS) is 19.6. The van der Waals surface area contributed by atoms with Crippen LogP contribution in [0.15, 0.2) is 48.7 Å². The van der Waals surface area contributed by atoms with Crippen molar-refractivity contribution in [3.05, 3.63) is 59.9 Å². The molecule has 0 radical (unpaired) electrons. The first-order valence-electron chi connectivity index (χ1n) is 12.8. The number of hydrogen-bond donors (Lipinski definition) is 1. The fourth-order valence-electron chi connectivity index (χ4n) is 5.20. The number of rotatable bonds is 8. The van der Waals surface area contributed by atoms with Crippen molar-refractivity contribution in [3.8, 4) is 5.75 Å². The Hall–Kier alpha value is -3.72. The predicted molar refractivity (Wildman–Crippen MR) is 141 cm³/mol. The van der Waals surface area contributed by atoms with Gasteiger partial charge in [-0.05, 0) is 62.2 Å². The summed E-state index contributed by atoms with van der Waals surface area (Å²) in [6.07, 6.45) is 3.84. The highest BCUT2D eigenvalue weighted by molar-refractivity contribution is 5.94. The maximum absolute atomic E-state index is 13.1. The number of pyridine rings is 2. The largest absolute Gasteiger partial charge is 0.492 e. The van der Waals surface area contributed by atoms with Crippen molar-refractivity contribution in [2.24, 2.45) is 0 Å². The molecule has 1 aromatic carbocycles. The van der Waals surface area contributed by atoms with Gasteiger partial charge in [-0.3, -0.25) is 14.6 Å².